The lowest BCUT2D eigenvalue weighted by atomic mass is 10.9. The number of ether oxygens (including phenoxy) is 1. The van der Waals surface area contributed by atoms with E-state index >= 15 is 0 Å². The molecule has 0 unspecified atom stereocenters. The van der Waals surface area contributed by atoms with Crippen LogP contribution in [-0.2, 0) is 4.74 Å². The Labute approximate surface area is 42.5 Å². The van der Waals surface area contributed by atoms with Crippen molar-refractivity contribution in [1.29, 1.82) is 0 Å². The predicted molar refractivity (Wildman–Crippen MR) is 26.9 cm³/mol. The standard InChI is InChI=1S/C3H8O2S/c4-3-5-1-2-6/h4,6H,1-3H2. The van der Waals surface area contributed by atoms with Gasteiger partial charge in [0.1, 0.15) is 6.79 Å². The molecule has 0 rings (SSSR count). The molecule has 1 N–H and O–H groups in total. The third kappa shape index (κ3) is 4.27. The predicted octanol–water partition coefficient (Wildman–Crippen LogP) is -0.117. The van der Waals surface area contributed by atoms with Gasteiger partial charge in [0.2, 0.25) is 0 Å². The zero-order valence-corrected chi connectivity index (χ0v) is 4.32. The first-order valence-corrected chi connectivity index (χ1v) is 2.34. The number of hydrogen-bond donors (Lipinski definition) is 2. The van der Waals surface area contributed by atoms with Crippen LogP contribution < -0.4 is 0 Å². The third-order valence-corrected chi connectivity index (χ3v) is 0.509. The van der Waals surface area contributed by atoms with Crippen molar-refractivity contribution >= 4 is 12.6 Å². The van der Waals surface area contributed by atoms with Crippen LogP contribution in [0.3, 0.4) is 0 Å². The van der Waals surface area contributed by atoms with Crippen LogP contribution in [0.2, 0.25) is 0 Å². The summed E-state index contributed by atoms with van der Waals surface area (Å²) >= 11 is 3.82. The van der Waals surface area contributed by atoms with Crippen molar-refractivity contribution in [2.75, 3.05) is 19.2 Å². The topological polar surface area (TPSA) is 29.5 Å². The molecule has 0 aliphatic heterocycles. The highest BCUT2D eigenvalue weighted by Gasteiger charge is 1.74. The quantitative estimate of drug-likeness (QED) is 0.300. The molecule has 0 radical (unpaired) electrons. The van der Waals surface area contributed by atoms with Crippen molar-refractivity contribution in [2.45, 2.75) is 0 Å². The molecule has 0 aromatic heterocycles. The number of rotatable bonds is 3. The molecule has 38 valence electrons. The fourth-order valence-corrected chi connectivity index (χ4v) is 0.258. The maximum Gasteiger partial charge on any atom is 0.143 e. The van der Waals surface area contributed by atoms with E-state index in [1.165, 1.54) is 0 Å². The van der Waals surface area contributed by atoms with Gasteiger partial charge in [-0.05, 0) is 0 Å². The molecule has 0 aliphatic carbocycles. The van der Waals surface area contributed by atoms with Crippen LogP contribution >= 0.6 is 12.6 Å². The average Bonchev–Trinajstić information content (AvgIpc) is 1.61. The van der Waals surface area contributed by atoms with Gasteiger partial charge in [0.15, 0.2) is 0 Å². The SMILES string of the molecule is OCOCCS. The molecular weight excluding hydrogens is 100 g/mol. The van der Waals surface area contributed by atoms with E-state index in [2.05, 4.69) is 17.4 Å². The maximum atomic E-state index is 7.94. The lowest BCUT2D eigenvalue weighted by molar-refractivity contribution is 0.00681. The second-order valence-electron chi connectivity index (χ2n) is 0.761. The van der Waals surface area contributed by atoms with Gasteiger partial charge in [0, 0.05) is 5.75 Å². The van der Waals surface area contributed by atoms with Gasteiger partial charge in [-0.25, -0.2) is 0 Å². The lowest BCUT2D eigenvalue weighted by Gasteiger charge is -1.90. The molecule has 0 amide bonds. The molecule has 0 aromatic rings. The largest absolute Gasteiger partial charge is 0.371 e. The van der Waals surface area contributed by atoms with E-state index in [1.807, 2.05) is 0 Å². The molecule has 0 aromatic carbocycles. The molecule has 6 heavy (non-hydrogen) atoms. The highest BCUT2D eigenvalue weighted by Crippen LogP contribution is 1.72. The van der Waals surface area contributed by atoms with E-state index in [4.69, 9.17) is 5.11 Å². The summed E-state index contributed by atoms with van der Waals surface area (Å²) in [5.41, 5.74) is 0. The van der Waals surface area contributed by atoms with Gasteiger partial charge < -0.3 is 9.84 Å². The molecule has 0 fully saturated rings. The normalized spacial score (nSPS) is 9.00. The van der Waals surface area contributed by atoms with Crippen molar-refractivity contribution in [3.8, 4) is 0 Å². The van der Waals surface area contributed by atoms with E-state index in [0.29, 0.717) is 12.4 Å². The zero-order valence-electron chi connectivity index (χ0n) is 3.42. The first kappa shape index (κ1) is 6.27. The van der Waals surface area contributed by atoms with Crippen LogP contribution in [0.1, 0.15) is 0 Å². The molecular formula is C3H8O2S. The van der Waals surface area contributed by atoms with Gasteiger partial charge in [-0.1, -0.05) is 0 Å². The van der Waals surface area contributed by atoms with Crippen molar-refractivity contribution in [1.82, 2.24) is 0 Å². The summed E-state index contributed by atoms with van der Waals surface area (Å²) in [6, 6.07) is 0. The van der Waals surface area contributed by atoms with Crippen molar-refractivity contribution in [3.05, 3.63) is 0 Å². The Balaban J connectivity index is 2.34. The molecule has 3 heteroatoms. The fraction of sp³-hybridized carbons (Fsp3) is 1.00. The van der Waals surface area contributed by atoms with Crippen LogP contribution in [0.5, 0.6) is 0 Å². The number of aliphatic hydroxyl groups excluding tert-OH is 1. The Morgan fingerprint density at radius 2 is 2.33 bits per heavy atom. The first-order valence-electron chi connectivity index (χ1n) is 1.71. The third-order valence-electron chi connectivity index (χ3n) is 0.327. The van der Waals surface area contributed by atoms with Gasteiger partial charge in [0.05, 0.1) is 6.61 Å². The number of hydrogen-bond acceptors (Lipinski definition) is 3. The summed E-state index contributed by atoms with van der Waals surface area (Å²) in [5, 5.41) is 7.94. The van der Waals surface area contributed by atoms with Crippen molar-refractivity contribution in [3.63, 3.8) is 0 Å². The van der Waals surface area contributed by atoms with Gasteiger partial charge in [-0.3, -0.25) is 0 Å². The maximum absolute atomic E-state index is 7.94. The number of thiol groups is 1. The second kappa shape index (κ2) is 5.27. The summed E-state index contributed by atoms with van der Waals surface area (Å²) in [5.74, 6) is 0.667. The smallest absolute Gasteiger partial charge is 0.143 e. The Morgan fingerprint density at radius 1 is 1.67 bits per heavy atom. The van der Waals surface area contributed by atoms with Crippen LogP contribution in [0, 0.1) is 0 Å². The molecule has 0 atom stereocenters. The van der Waals surface area contributed by atoms with Gasteiger partial charge in [0.25, 0.3) is 0 Å². The Bertz CT molecular complexity index is 20.8. The summed E-state index contributed by atoms with van der Waals surface area (Å²) < 4.78 is 4.46. The molecule has 0 aliphatic rings. The number of aliphatic hydroxyl groups is 1. The summed E-state index contributed by atoms with van der Waals surface area (Å²) in [6.07, 6.45) is 0. The summed E-state index contributed by atoms with van der Waals surface area (Å²) in [7, 11) is 0. The Morgan fingerprint density at radius 3 is 2.50 bits per heavy atom. The van der Waals surface area contributed by atoms with E-state index in [-0.39, 0.29) is 6.79 Å². The molecule has 0 saturated heterocycles. The van der Waals surface area contributed by atoms with E-state index < -0.39 is 0 Å². The molecule has 0 bridgehead atoms. The Kier molecular flexibility index (Phi) is 5.51. The van der Waals surface area contributed by atoms with Gasteiger partial charge >= 0.3 is 0 Å². The van der Waals surface area contributed by atoms with Crippen molar-refractivity contribution in [2.24, 2.45) is 0 Å². The molecule has 2 nitrogen and oxygen atoms in total. The van der Waals surface area contributed by atoms with Gasteiger partial charge in [-0.15, -0.1) is 0 Å². The summed E-state index contributed by atoms with van der Waals surface area (Å²) in [6.45, 7) is 0.334. The second-order valence-corrected chi connectivity index (χ2v) is 1.21. The van der Waals surface area contributed by atoms with Gasteiger partial charge in [-0.2, -0.15) is 12.6 Å². The lowest BCUT2D eigenvalue weighted by Crippen LogP contribution is -1.94. The van der Waals surface area contributed by atoms with Crippen LogP contribution in [0.15, 0.2) is 0 Å². The van der Waals surface area contributed by atoms with E-state index in [9.17, 15) is 0 Å². The van der Waals surface area contributed by atoms with Crippen molar-refractivity contribution < 1.29 is 9.84 Å². The van der Waals surface area contributed by atoms with Crippen LogP contribution in [-0.4, -0.2) is 24.3 Å². The Hall–Kier alpha value is 0.270. The first-order chi connectivity index (χ1) is 2.91. The van der Waals surface area contributed by atoms with E-state index in [0.717, 1.165) is 0 Å². The van der Waals surface area contributed by atoms with Crippen LogP contribution in [0.25, 0.3) is 0 Å². The average molecular weight is 108 g/mol. The minimum absolute atomic E-state index is 0.194. The molecule has 0 heterocycles. The highest BCUT2D eigenvalue weighted by atomic mass is 32.1. The summed E-state index contributed by atoms with van der Waals surface area (Å²) in [4.78, 5) is 0. The minimum atomic E-state index is -0.194. The fourth-order valence-electron chi connectivity index (χ4n) is 0.129. The zero-order chi connectivity index (χ0) is 4.83. The van der Waals surface area contributed by atoms with E-state index in [1.54, 1.807) is 0 Å². The highest BCUT2D eigenvalue weighted by molar-refractivity contribution is 7.80. The minimum Gasteiger partial charge on any atom is -0.371 e. The molecule has 0 spiro atoms. The monoisotopic (exact) mass is 108 g/mol. The van der Waals surface area contributed by atoms with Crippen LogP contribution in [0.4, 0.5) is 0 Å². The molecule has 0 saturated carbocycles.